The van der Waals surface area contributed by atoms with Gasteiger partial charge >= 0.3 is 5.97 Å². The number of likely N-dealkylation sites (tertiary alicyclic amines) is 1. The van der Waals surface area contributed by atoms with Gasteiger partial charge < -0.3 is 10.0 Å². The largest absolute Gasteiger partial charge is 0.481 e. The maximum absolute atomic E-state index is 11.6. The zero-order valence-electron chi connectivity index (χ0n) is 10.3. The molecular formula is C13H19NO2S. The summed E-state index contributed by atoms with van der Waals surface area (Å²) in [4.78, 5) is 15.0. The van der Waals surface area contributed by atoms with Gasteiger partial charge in [-0.3, -0.25) is 4.79 Å². The molecule has 2 heterocycles. The molecule has 94 valence electrons. The van der Waals surface area contributed by atoms with Crippen LogP contribution in [0, 0.1) is 0 Å². The molecule has 1 aliphatic heterocycles. The Bertz CT molecular complexity index is 378. The molecule has 4 heteroatoms. The van der Waals surface area contributed by atoms with Crippen molar-refractivity contribution in [1.29, 1.82) is 0 Å². The van der Waals surface area contributed by atoms with E-state index in [9.17, 15) is 9.90 Å². The molecule has 0 saturated carbocycles. The van der Waals surface area contributed by atoms with Crippen LogP contribution in [0.25, 0.3) is 0 Å². The van der Waals surface area contributed by atoms with E-state index in [1.54, 1.807) is 11.3 Å². The van der Waals surface area contributed by atoms with Gasteiger partial charge in [-0.05, 0) is 51.2 Å². The van der Waals surface area contributed by atoms with Gasteiger partial charge in [0.15, 0.2) is 0 Å². The van der Waals surface area contributed by atoms with Gasteiger partial charge in [-0.25, -0.2) is 0 Å². The fourth-order valence-corrected chi connectivity index (χ4v) is 3.52. The van der Waals surface area contributed by atoms with Crippen molar-refractivity contribution in [2.45, 2.75) is 38.1 Å². The first-order valence-electron chi connectivity index (χ1n) is 6.08. The Morgan fingerprint density at radius 2 is 2.12 bits per heavy atom. The fourth-order valence-electron chi connectivity index (χ4n) is 2.54. The second kappa shape index (κ2) is 4.78. The molecule has 0 spiro atoms. The molecule has 1 aromatic heterocycles. The van der Waals surface area contributed by atoms with Crippen LogP contribution in [0.2, 0.25) is 0 Å². The topological polar surface area (TPSA) is 40.5 Å². The van der Waals surface area contributed by atoms with E-state index in [4.69, 9.17) is 0 Å². The summed E-state index contributed by atoms with van der Waals surface area (Å²) in [6.45, 7) is 6.08. The predicted molar refractivity (Wildman–Crippen MR) is 69.6 cm³/mol. The first-order valence-corrected chi connectivity index (χ1v) is 6.96. The zero-order chi connectivity index (χ0) is 12.5. The van der Waals surface area contributed by atoms with Gasteiger partial charge in [0, 0.05) is 10.9 Å². The minimum Gasteiger partial charge on any atom is -0.481 e. The van der Waals surface area contributed by atoms with Crippen molar-refractivity contribution in [1.82, 2.24) is 4.90 Å². The van der Waals surface area contributed by atoms with Gasteiger partial charge in [-0.2, -0.15) is 0 Å². The van der Waals surface area contributed by atoms with E-state index in [1.165, 1.54) is 0 Å². The average Bonchev–Trinajstić information content (AvgIpc) is 2.82. The number of hydrogen-bond donors (Lipinski definition) is 1. The van der Waals surface area contributed by atoms with Crippen molar-refractivity contribution < 1.29 is 9.90 Å². The highest BCUT2D eigenvalue weighted by atomic mass is 32.1. The van der Waals surface area contributed by atoms with E-state index >= 15 is 0 Å². The average molecular weight is 253 g/mol. The molecule has 1 aromatic rings. The van der Waals surface area contributed by atoms with Crippen LogP contribution in [-0.4, -0.2) is 35.1 Å². The van der Waals surface area contributed by atoms with E-state index in [-0.39, 0.29) is 0 Å². The quantitative estimate of drug-likeness (QED) is 0.900. The molecule has 0 atom stereocenters. The Labute approximate surface area is 106 Å². The Kier molecular flexibility index (Phi) is 3.54. The predicted octanol–water partition coefficient (Wildman–Crippen LogP) is 2.57. The summed E-state index contributed by atoms with van der Waals surface area (Å²) in [6, 6.07) is 4.41. The second-order valence-corrected chi connectivity index (χ2v) is 5.94. The zero-order valence-corrected chi connectivity index (χ0v) is 11.2. The summed E-state index contributed by atoms with van der Waals surface area (Å²) >= 11 is 1.57. The van der Waals surface area contributed by atoms with Gasteiger partial charge in [0.05, 0.1) is 0 Å². The van der Waals surface area contributed by atoms with E-state index in [0.29, 0.717) is 6.04 Å². The minimum atomic E-state index is -0.664. The summed E-state index contributed by atoms with van der Waals surface area (Å²) in [6.07, 6.45) is 1.45. The van der Waals surface area contributed by atoms with Gasteiger partial charge in [0.25, 0.3) is 0 Å². The lowest BCUT2D eigenvalue weighted by Crippen LogP contribution is -2.48. The fraction of sp³-hybridized carbons (Fsp3) is 0.615. The standard InChI is InChI=1S/C13H19NO2S/c1-10(2)14-7-5-13(6-8-14,12(15)16)11-4-3-9-17-11/h3-4,9-10H,5-8H2,1-2H3,(H,15,16). The normalized spacial score (nSPS) is 20.6. The molecule has 1 N–H and O–H groups in total. The third-order valence-electron chi connectivity index (χ3n) is 3.78. The monoisotopic (exact) mass is 253 g/mol. The van der Waals surface area contributed by atoms with Crippen molar-refractivity contribution in [3.63, 3.8) is 0 Å². The lowest BCUT2D eigenvalue weighted by atomic mass is 9.77. The lowest BCUT2D eigenvalue weighted by molar-refractivity contribution is -0.146. The van der Waals surface area contributed by atoms with E-state index in [1.807, 2.05) is 17.5 Å². The summed E-state index contributed by atoms with van der Waals surface area (Å²) in [5, 5.41) is 11.5. The summed E-state index contributed by atoms with van der Waals surface area (Å²) in [5.41, 5.74) is -0.639. The smallest absolute Gasteiger partial charge is 0.315 e. The van der Waals surface area contributed by atoms with Crippen LogP contribution in [-0.2, 0) is 10.2 Å². The minimum absolute atomic E-state index is 0.505. The van der Waals surface area contributed by atoms with Crippen molar-refractivity contribution in [2.24, 2.45) is 0 Å². The number of nitrogens with zero attached hydrogens (tertiary/aromatic N) is 1. The number of rotatable bonds is 3. The maximum Gasteiger partial charge on any atom is 0.315 e. The molecule has 1 fully saturated rings. The summed E-state index contributed by atoms with van der Waals surface area (Å²) in [7, 11) is 0. The third-order valence-corrected chi connectivity index (χ3v) is 4.86. The third kappa shape index (κ3) is 2.24. The van der Waals surface area contributed by atoms with Crippen LogP contribution < -0.4 is 0 Å². The molecule has 3 nitrogen and oxygen atoms in total. The molecule has 0 unspecified atom stereocenters. The molecule has 0 radical (unpaired) electrons. The first-order chi connectivity index (χ1) is 8.06. The Morgan fingerprint density at radius 3 is 2.53 bits per heavy atom. The van der Waals surface area contributed by atoms with Crippen LogP contribution in [0.1, 0.15) is 31.6 Å². The SMILES string of the molecule is CC(C)N1CCC(C(=O)O)(c2cccs2)CC1. The van der Waals surface area contributed by atoms with Crippen molar-refractivity contribution >= 4 is 17.3 Å². The summed E-state index contributed by atoms with van der Waals surface area (Å²) < 4.78 is 0. The number of carbonyl (C=O) groups is 1. The molecule has 17 heavy (non-hydrogen) atoms. The first kappa shape index (κ1) is 12.6. The van der Waals surface area contributed by atoms with E-state index in [0.717, 1.165) is 30.8 Å². The van der Waals surface area contributed by atoms with Crippen LogP contribution >= 0.6 is 11.3 Å². The molecule has 0 amide bonds. The molecule has 0 aliphatic carbocycles. The molecule has 1 aliphatic rings. The molecule has 2 rings (SSSR count). The number of carboxylic acids is 1. The molecule has 0 aromatic carbocycles. The van der Waals surface area contributed by atoms with Gasteiger partial charge in [0.1, 0.15) is 5.41 Å². The van der Waals surface area contributed by atoms with Gasteiger partial charge in [-0.1, -0.05) is 6.07 Å². The van der Waals surface area contributed by atoms with Crippen molar-refractivity contribution in [2.75, 3.05) is 13.1 Å². The Hall–Kier alpha value is -0.870. The van der Waals surface area contributed by atoms with Crippen LogP contribution in [0.15, 0.2) is 17.5 Å². The van der Waals surface area contributed by atoms with Crippen molar-refractivity contribution in [3.05, 3.63) is 22.4 Å². The van der Waals surface area contributed by atoms with Gasteiger partial charge in [-0.15, -0.1) is 11.3 Å². The maximum atomic E-state index is 11.6. The highest BCUT2D eigenvalue weighted by Crippen LogP contribution is 2.38. The van der Waals surface area contributed by atoms with Gasteiger partial charge in [0.2, 0.25) is 0 Å². The summed E-state index contributed by atoms with van der Waals surface area (Å²) in [5.74, 6) is -0.664. The van der Waals surface area contributed by atoms with Crippen LogP contribution in [0.4, 0.5) is 0 Å². The Morgan fingerprint density at radius 1 is 1.47 bits per heavy atom. The molecular weight excluding hydrogens is 234 g/mol. The van der Waals surface area contributed by atoms with Crippen molar-refractivity contribution in [3.8, 4) is 0 Å². The number of aliphatic carboxylic acids is 1. The number of piperidine rings is 1. The van der Waals surface area contributed by atoms with E-state index < -0.39 is 11.4 Å². The lowest BCUT2D eigenvalue weighted by Gasteiger charge is -2.40. The van der Waals surface area contributed by atoms with Crippen LogP contribution in [0.5, 0.6) is 0 Å². The molecule has 1 saturated heterocycles. The highest BCUT2D eigenvalue weighted by Gasteiger charge is 2.44. The molecule has 0 bridgehead atoms. The second-order valence-electron chi connectivity index (χ2n) is 4.99. The highest BCUT2D eigenvalue weighted by molar-refractivity contribution is 7.10. The van der Waals surface area contributed by atoms with Crippen LogP contribution in [0.3, 0.4) is 0 Å². The Balaban J connectivity index is 2.20. The number of hydrogen-bond acceptors (Lipinski definition) is 3. The van der Waals surface area contributed by atoms with E-state index in [2.05, 4.69) is 18.7 Å². The number of thiophene rings is 1. The number of carboxylic acid groups (broad SMARTS) is 1.